The first kappa shape index (κ1) is 15.2. The molecule has 1 saturated carbocycles. The molecule has 2 aliphatic heterocycles. The van der Waals surface area contributed by atoms with Gasteiger partial charge in [0.05, 0.1) is 12.4 Å². The number of rotatable bonds is 3. The van der Waals surface area contributed by atoms with Crippen LogP contribution in [0.5, 0.6) is 0 Å². The van der Waals surface area contributed by atoms with Crippen molar-refractivity contribution in [2.45, 2.75) is 37.8 Å². The molecule has 0 spiro atoms. The first-order valence-corrected chi connectivity index (χ1v) is 9.53. The van der Waals surface area contributed by atoms with Gasteiger partial charge in [-0.1, -0.05) is 6.42 Å². The van der Waals surface area contributed by atoms with Crippen LogP contribution in [-0.2, 0) is 19.6 Å². The van der Waals surface area contributed by atoms with Crippen LogP contribution in [0.2, 0.25) is 0 Å². The third-order valence-electron chi connectivity index (χ3n) is 5.30. The van der Waals surface area contributed by atoms with E-state index in [4.69, 9.17) is 4.74 Å². The van der Waals surface area contributed by atoms with Gasteiger partial charge >= 0.3 is 0 Å². The number of fused-ring (bicyclic) bond motifs is 1. The Kier molecular flexibility index (Phi) is 4.00. The van der Waals surface area contributed by atoms with Crippen molar-refractivity contribution in [3.8, 4) is 0 Å². The highest BCUT2D eigenvalue weighted by Gasteiger charge is 2.46. The van der Waals surface area contributed by atoms with Crippen molar-refractivity contribution in [3.63, 3.8) is 0 Å². The molecule has 7 heteroatoms. The summed E-state index contributed by atoms with van der Waals surface area (Å²) in [4.78, 5) is 14.6. The van der Waals surface area contributed by atoms with Gasteiger partial charge in [0.15, 0.2) is 0 Å². The first-order valence-electron chi connectivity index (χ1n) is 7.68. The van der Waals surface area contributed by atoms with E-state index in [0.29, 0.717) is 18.3 Å². The van der Waals surface area contributed by atoms with Crippen LogP contribution < -0.4 is 0 Å². The smallest absolute Gasteiger partial charge is 0.241 e. The van der Waals surface area contributed by atoms with E-state index in [1.54, 1.807) is 7.11 Å². The summed E-state index contributed by atoms with van der Waals surface area (Å²) in [6.07, 6.45) is 5.13. The monoisotopic (exact) mass is 316 g/mol. The quantitative estimate of drug-likeness (QED) is 0.751. The molecule has 0 radical (unpaired) electrons. The normalized spacial score (nSPS) is 37.1. The summed E-state index contributed by atoms with van der Waals surface area (Å²) < 4.78 is 30.4. The lowest BCUT2D eigenvalue weighted by Crippen LogP contribution is -2.47. The van der Waals surface area contributed by atoms with E-state index in [9.17, 15) is 13.2 Å². The van der Waals surface area contributed by atoms with Crippen molar-refractivity contribution in [3.05, 3.63) is 0 Å². The molecular formula is C14H24N2O4S. The lowest BCUT2D eigenvalue weighted by molar-refractivity contribution is -0.134. The van der Waals surface area contributed by atoms with Crippen molar-refractivity contribution in [1.82, 2.24) is 9.21 Å². The topological polar surface area (TPSA) is 66.9 Å². The molecule has 0 unspecified atom stereocenters. The van der Waals surface area contributed by atoms with E-state index in [2.05, 4.69) is 0 Å². The van der Waals surface area contributed by atoms with Gasteiger partial charge in [0.25, 0.3) is 0 Å². The van der Waals surface area contributed by atoms with Gasteiger partial charge < -0.3 is 9.64 Å². The van der Waals surface area contributed by atoms with E-state index in [1.165, 1.54) is 29.8 Å². The van der Waals surface area contributed by atoms with Gasteiger partial charge in [-0.15, -0.1) is 0 Å². The van der Waals surface area contributed by atoms with Gasteiger partial charge in [0, 0.05) is 33.2 Å². The molecule has 0 aromatic carbocycles. The minimum atomic E-state index is -3.38. The van der Waals surface area contributed by atoms with Crippen LogP contribution in [0.25, 0.3) is 0 Å². The Bertz CT molecular complexity index is 509. The molecule has 0 bridgehead atoms. The van der Waals surface area contributed by atoms with E-state index < -0.39 is 16.1 Å². The van der Waals surface area contributed by atoms with Crippen LogP contribution in [0.3, 0.4) is 0 Å². The second-order valence-electron chi connectivity index (χ2n) is 6.64. The Morgan fingerprint density at radius 3 is 2.29 bits per heavy atom. The Balaban J connectivity index is 1.73. The summed E-state index contributed by atoms with van der Waals surface area (Å²) in [7, 11) is -1.81. The second kappa shape index (κ2) is 5.52. The maximum absolute atomic E-state index is 12.8. The SMILES string of the molecule is CO[C@H]1C[C@H](C(=O)N2C[C@H]3CCC[C@H]3C2)N(S(C)(=O)=O)C1. The number of likely N-dealkylation sites (tertiary alicyclic amines) is 1. The lowest BCUT2D eigenvalue weighted by atomic mass is 10.0. The average Bonchev–Trinajstić information content (AvgIpc) is 3.10. The average molecular weight is 316 g/mol. The Morgan fingerprint density at radius 2 is 1.76 bits per heavy atom. The maximum Gasteiger partial charge on any atom is 0.241 e. The zero-order chi connectivity index (χ0) is 15.2. The van der Waals surface area contributed by atoms with Gasteiger partial charge in [0.2, 0.25) is 15.9 Å². The summed E-state index contributed by atoms with van der Waals surface area (Å²) in [6, 6.07) is -0.580. The number of ether oxygens (including phenoxy) is 1. The predicted molar refractivity (Wildman–Crippen MR) is 78.2 cm³/mol. The van der Waals surface area contributed by atoms with Crippen LogP contribution in [0.15, 0.2) is 0 Å². The number of amides is 1. The highest BCUT2D eigenvalue weighted by molar-refractivity contribution is 7.88. The molecule has 3 aliphatic rings. The number of carbonyl (C=O) groups excluding carboxylic acids is 1. The number of nitrogens with zero attached hydrogens (tertiary/aromatic N) is 2. The van der Waals surface area contributed by atoms with E-state index in [-0.39, 0.29) is 18.6 Å². The number of carbonyl (C=O) groups is 1. The van der Waals surface area contributed by atoms with Crippen LogP contribution in [0, 0.1) is 11.8 Å². The molecule has 3 rings (SSSR count). The minimum Gasteiger partial charge on any atom is -0.380 e. The Hall–Kier alpha value is -0.660. The summed E-state index contributed by atoms with van der Waals surface area (Å²) in [5, 5.41) is 0. The van der Waals surface area contributed by atoms with Gasteiger partial charge in [-0.05, 0) is 24.7 Å². The molecule has 3 fully saturated rings. The van der Waals surface area contributed by atoms with Crippen molar-refractivity contribution < 1.29 is 17.9 Å². The van der Waals surface area contributed by atoms with Crippen LogP contribution in [-0.4, -0.2) is 68.7 Å². The molecule has 0 N–H and O–H groups in total. The lowest BCUT2D eigenvalue weighted by Gasteiger charge is -2.26. The number of hydrogen-bond donors (Lipinski definition) is 0. The number of hydrogen-bond acceptors (Lipinski definition) is 4. The summed E-state index contributed by atoms with van der Waals surface area (Å²) in [6.45, 7) is 1.89. The highest BCUT2D eigenvalue weighted by Crippen LogP contribution is 2.38. The molecule has 0 aromatic heterocycles. The zero-order valence-electron chi connectivity index (χ0n) is 12.7. The van der Waals surface area contributed by atoms with Gasteiger partial charge in [-0.3, -0.25) is 4.79 Å². The predicted octanol–water partition coefficient (Wildman–Crippen LogP) is 0.294. The fourth-order valence-electron chi connectivity index (χ4n) is 4.16. The molecule has 4 atom stereocenters. The molecule has 1 aliphatic carbocycles. The summed E-state index contributed by atoms with van der Waals surface area (Å²) in [5.74, 6) is 1.22. The van der Waals surface area contributed by atoms with Crippen molar-refractivity contribution in [2.24, 2.45) is 11.8 Å². The standard InChI is InChI=1S/C14H24N2O4S/c1-20-12-6-13(16(9-12)21(2,18)19)14(17)15-7-10-4-3-5-11(10)8-15/h10-13H,3-9H2,1-2H3/t10-,11+,12-,13+/m0/s1. The maximum atomic E-state index is 12.8. The fraction of sp³-hybridized carbons (Fsp3) is 0.929. The van der Waals surface area contributed by atoms with E-state index in [0.717, 1.165) is 13.1 Å². The van der Waals surface area contributed by atoms with Crippen molar-refractivity contribution in [1.29, 1.82) is 0 Å². The van der Waals surface area contributed by atoms with Crippen LogP contribution >= 0.6 is 0 Å². The van der Waals surface area contributed by atoms with Crippen molar-refractivity contribution >= 4 is 15.9 Å². The minimum absolute atomic E-state index is 0.0330. The molecule has 120 valence electrons. The van der Waals surface area contributed by atoms with Crippen molar-refractivity contribution in [2.75, 3.05) is 33.0 Å². The van der Waals surface area contributed by atoms with Gasteiger partial charge in [-0.2, -0.15) is 4.31 Å². The van der Waals surface area contributed by atoms with Gasteiger partial charge in [0.1, 0.15) is 6.04 Å². The third kappa shape index (κ3) is 2.83. The molecule has 2 saturated heterocycles. The summed E-state index contributed by atoms with van der Waals surface area (Å²) >= 11 is 0. The fourth-order valence-corrected chi connectivity index (χ4v) is 5.23. The number of methoxy groups -OCH3 is 1. The molecular weight excluding hydrogens is 292 g/mol. The molecule has 1 amide bonds. The third-order valence-corrected chi connectivity index (χ3v) is 6.56. The van der Waals surface area contributed by atoms with Crippen LogP contribution in [0.4, 0.5) is 0 Å². The molecule has 0 aromatic rings. The highest BCUT2D eigenvalue weighted by atomic mass is 32.2. The van der Waals surface area contributed by atoms with E-state index >= 15 is 0 Å². The Morgan fingerprint density at radius 1 is 1.14 bits per heavy atom. The number of sulfonamides is 1. The largest absolute Gasteiger partial charge is 0.380 e. The zero-order valence-corrected chi connectivity index (χ0v) is 13.5. The first-order chi connectivity index (χ1) is 9.90. The molecule has 21 heavy (non-hydrogen) atoms. The Labute approximate surface area is 126 Å². The van der Waals surface area contributed by atoms with E-state index in [1.807, 2.05) is 4.90 Å². The molecule has 6 nitrogen and oxygen atoms in total. The van der Waals surface area contributed by atoms with Gasteiger partial charge in [-0.25, -0.2) is 8.42 Å². The summed E-state index contributed by atoms with van der Waals surface area (Å²) in [5.41, 5.74) is 0. The second-order valence-corrected chi connectivity index (χ2v) is 8.57. The van der Waals surface area contributed by atoms with Crippen LogP contribution in [0.1, 0.15) is 25.7 Å². The molecule has 2 heterocycles.